The van der Waals surface area contributed by atoms with Crippen molar-refractivity contribution in [3.63, 3.8) is 0 Å². The van der Waals surface area contributed by atoms with Crippen LogP contribution in [0.1, 0.15) is 55.8 Å². The minimum Gasteiger partial charge on any atom is -0.386 e. The first kappa shape index (κ1) is 12.2. The van der Waals surface area contributed by atoms with E-state index < -0.39 is 6.10 Å². The Labute approximate surface area is 109 Å². The van der Waals surface area contributed by atoms with Crippen molar-refractivity contribution in [1.29, 1.82) is 0 Å². The van der Waals surface area contributed by atoms with Crippen molar-refractivity contribution in [2.45, 2.75) is 50.7 Å². The highest BCUT2D eigenvalue weighted by molar-refractivity contribution is 5.35. The molecule has 18 heavy (non-hydrogen) atoms. The number of hydrogen-bond donors (Lipinski definition) is 1. The predicted octanol–water partition coefficient (Wildman–Crippen LogP) is 3.41. The zero-order chi connectivity index (χ0) is 12.5. The molecule has 0 spiro atoms. The smallest absolute Gasteiger partial charge is 0.105 e. The molecule has 1 fully saturated rings. The van der Waals surface area contributed by atoms with Gasteiger partial charge in [-0.3, -0.25) is 0 Å². The van der Waals surface area contributed by atoms with E-state index in [2.05, 4.69) is 19.1 Å². The van der Waals surface area contributed by atoms with Gasteiger partial charge in [-0.2, -0.15) is 0 Å². The molecular weight excluding hydrogens is 224 g/mol. The zero-order valence-corrected chi connectivity index (χ0v) is 11.0. The second-order valence-corrected chi connectivity index (χ2v) is 5.85. The van der Waals surface area contributed by atoms with Gasteiger partial charge in [-0.25, -0.2) is 0 Å². The second kappa shape index (κ2) is 5.02. The fourth-order valence-electron chi connectivity index (χ4n) is 2.99. The molecule has 0 aliphatic heterocycles. The van der Waals surface area contributed by atoms with Gasteiger partial charge >= 0.3 is 0 Å². The SMILES string of the molecule is CC1CC(OCCC2CC2)C(O)c2ccccc21. The van der Waals surface area contributed by atoms with Gasteiger partial charge in [0.15, 0.2) is 0 Å². The first-order valence-electron chi connectivity index (χ1n) is 7.14. The predicted molar refractivity (Wildman–Crippen MR) is 71.5 cm³/mol. The number of hydrogen-bond acceptors (Lipinski definition) is 2. The third-order valence-electron chi connectivity index (χ3n) is 4.34. The summed E-state index contributed by atoms with van der Waals surface area (Å²) in [7, 11) is 0. The van der Waals surface area contributed by atoms with E-state index in [1.54, 1.807) is 0 Å². The fourth-order valence-corrected chi connectivity index (χ4v) is 2.99. The number of rotatable bonds is 4. The average molecular weight is 246 g/mol. The summed E-state index contributed by atoms with van der Waals surface area (Å²) in [5, 5.41) is 10.4. The van der Waals surface area contributed by atoms with Gasteiger partial charge in [-0.1, -0.05) is 44.0 Å². The summed E-state index contributed by atoms with van der Waals surface area (Å²) in [5.74, 6) is 1.38. The topological polar surface area (TPSA) is 29.5 Å². The molecule has 2 heteroatoms. The van der Waals surface area contributed by atoms with E-state index >= 15 is 0 Å². The third kappa shape index (κ3) is 2.45. The van der Waals surface area contributed by atoms with Crippen LogP contribution in [0, 0.1) is 5.92 Å². The molecule has 0 amide bonds. The molecule has 0 saturated heterocycles. The molecule has 2 aliphatic carbocycles. The lowest BCUT2D eigenvalue weighted by molar-refractivity contribution is -0.0538. The lowest BCUT2D eigenvalue weighted by Crippen LogP contribution is -2.30. The van der Waals surface area contributed by atoms with Crippen LogP contribution in [-0.2, 0) is 4.74 Å². The van der Waals surface area contributed by atoms with Gasteiger partial charge in [0.1, 0.15) is 6.10 Å². The molecule has 3 unspecified atom stereocenters. The molecule has 1 aromatic carbocycles. The van der Waals surface area contributed by atoms with Crippen LogP contribution in [-0.4, -0.2) is 17.8 Å². The first-order chi connectivity index (χ1) is 8.75. The van der Waals surface area contributed by atoms with Crippen LogP contribution < -0.4 is 0 Å². The van der Waals surface area contributed by atoms with Gasteiger partial charge in [0.05, 0.1) is 6.10 Å². The van der Waals surface area contributed by atoms with E-state index in [1.165, 1.54) is 24.8 Å². The molecule has 3 atom stereocenters. The molecule has 98 valence electrons. The maximum Gasteiger partial charge on any atom is 0.105 e. The van der Waals surface area contributed by atoms with Gasteiger partial charge in [0.2, 0.25) is 0 Å². The lowest BCUT2D eigenvalue weighted by Gasteiger charge is -2.34. The van der Waals surface area contributed by atoms with Crippen molar-refractivity contribution in [3.05, 3.63) is 35.4 Å². The normalized spacial score (nSPS) is 31.1. The average Bonchev–Trinajstić information content (AvgIpc) is 3.19. The molecule has 2 aliphatic rings. The number of benzene rings is 1. The Morgan fingerprint density at radius 1 is 1.22 bits per heavy atom. The van der Waals surface area contributed by atoms with Gasteiger partial charge in [0.25, 0.3) is 0 Å². The van der Waals surface area contributed by atoms with Crippen LogP contribution in [0.2, 0.25) is 0 Å². The summed E-state index contributed by atoms with van der Waals surface area (Å²) in [4.78, 5) is 0. The van der Waals surface area contributed by atoms with Crippen LogP contribution >= 0.6 is 0 Å². The largest absolute Gasteiger partial charge is 0.386 e. The van der Waals surface area contributed by atoms with Gasteiger partial charge in [-0.05, 0) is 35.8 Å². The van der Waals surface area contributed by atoms with Gasteiger partial charge in [-0.15, -0.1) is 0 Å². The van der Waals surface area contributed by atoms with Crippen molar-refractivity contribution in [2.75, 3.05) is 6.61 Å². The molecule has 3 rings (SSSR count). The summed E-state index contributed by atoms with van der Waals surface area (Å²) in [6, 6.07) is 8.22. The van der Waals surface area contributed by atoms with E-state index in [0.29, 0.717) is 5.92 Å². The lowest BCUT2D eigenvalue weighted by atomic mass is 9.80. The minimum absolute atomic E-state index is 0.0198. The highest BCUT2D eigenvalue weighted by Gasteiger charge is 2.32. The molecule has 1 saturated carbocycles. The number of ether oxygens (including phenoxy) is 1. The molecule has 0 aromatic heterocycles. The van der Waals surface area contributed by atoms with Crippen LogP contribution in [0.15, 0.2) is 24.3 Å². The van der Waals surface area contributed by atoms with E-state index in [4.69, 9.17) is 4.74 Å². The quantitative estimate of drug-likeness (QED) is 0.882. The van der Waals surface area contributed by atoms with Gasteiger partial charge < -0.3 is 9.84 Å². The monoisotopic (exact) mass is 246 g/mol. The van der Waals surface area contributed by atoms with Crippen LogP contribution in [0.5, 0.6) is 0 Å². The fraction of sp³-hybridized carbons (Fsp3) is 0.625. The van der Waals surface area contributed by atoms with Crippen molar-refractivity contribution in [2.24, 2.45) is 5.92 Å². The van der Waals surface area contributed by atoms with E-state index in [-0.39, 0.29) is 6.10 Å². The molecule has 0 bridgehead atoms. The number of aliphatic hydroxyl groups excluding tert-OH is 1. The summed E-state index contributed by atoms with van der Waals surface area (Å²) < 4.78 is 5.92. The third-order valence-corrected chi connectivity index (χ3v) is 4.34. The summed E-state index contributed by atoms with van der Waals surface area (Å²) in [5.41, 5.74) is 2.35. The number of fused-ring (bicyclic) bond motifs is 1. The maximum atomic E-state index is 10.4. The number of aliphatic hydroxyl groups is 1. The van der Waals surface area contributed by atoms with Gasteiger partial charge in [0, 0.05) is 6.61 Å². The molecule has 0 radical (unpaired) electrons. The summed E-state index contributed by atoms with van der Waals surface area (Å²) in [6.45, 7) is 3.03. The second-order valence-electron chi connectivity index (χ2n) is 5.85. The van der Waals surface area contributed by atoms with Crippen molar-refractivity contribution in [3.8, 4) is 0 Å². The van der Waals surface area contributed by atoms with E-state index in [9.17, 15) is 5.11 Å². The highest BCUT2D eigenvalue weighted by Crippen LogP contribution is 2.39. The Morgan fingerprint density at radius 2 is 1.94 bits per heavy atom. The Balaban J connectivity index is 1.66. The van der Waals surface area contributed by atoms with Crippen molar-refractivity contribution in [1.82, 2.24) is 0 Å². The highest BCUT2D eigenvalue weighted by atomic mass is 16.5. The minimum atomic E-state index is -0.448. The van der Waals surface area contributed by atoms with Crippen LogP contribution in [0.4, 0.5) is 0 Å². The van der Waals surface area contributed by atoms with Crippen LogP contribution in [0.3, 0.4) is 0 Å². The van der Waals surface area contributed by atoms with E-state index in [0.717, 1.165) is 24.5 Å². The Morgan fingerprint density at radius 3 is 2.67 bits per heavy atom. The Bertz CT molecular complexity index is 411. The summed E-state index contributed by atoms with van der Waals surface area (Å²) >= 11 is 0. The molecule has 2 nitrogen and oxygen atoms in total. The van der Waals surface area contributed by atoms with Crippen molar-refractivity contribution < 1.29 is 9.84 Å². The maximum absolute atomic E-state index is 10.4. The summed E-state index contributed by atoms with van der Waals surface area (Å²) in [6.07, 6.45) is 4.37. The van der Waals surface area contributed by atoms with E-state index in [1.807, 2.05) is 12.1 Å². The molecule has 1 aromatic rings. The standard InChI is InChI=1S/C16H22O2/c1-11-10-15(18-9-8-12-6-7-12)16(17)14-5-3-2-4-13(11)14/h2-5,11-12,15-17H,6-10H2,1H3. The molecule has 1 N–H and O–H groups in total. The molecule has 0 heterocycles. The zero-order valence-electron chi connectivity index (χ0n) is 11.0. The first-order valence-corrected chi connectivity index (χ1v) is 7.14. The van der Waals surface area contributed by atoms with Crippen LogP contribution in [0.25, 0.3) is 0 Å². The van der Waals surface area contributed by atoms with Crippen molar-refractivity contribution >= 4 is 0 Å². The Hall–Kier alpha value is -0.860. The Kier molecular flexibility index (Phi) is 3.40. The molecular formula is C16H22O2.